The number of aromatic nitrogens is 3. The van der Waals surface area contributed by atoms with Crippen LogP contribution < -0.4 is 0 Å². The highest BCUT2D eigenvalue weighted by atomic mass is 32.2. The lowest BCUT2D eigenvalue weighted by atomic mass is 10.1. The van der Waals surface area contributed by atoms with Crippen LogP contribution in [0.2, 0.25) is 0 Å². The number of carbonyl (C=O) groups is 1. The lowest BCUT2D eigenvalue weighted by Gasteiger charge is -2.12. The molecular formula is C20H22N4OS. The average molecular weight is 366 g/mol. The fraction of sp³-hybridized carbons (Fsp3) is 0.250. The summed E-state index contributed by atoms with van der Waals surface area (Å²) in [6.45, 7) is 4.12. The Morgan fingerprint density at radius 1 is 1.04 bits per heavy atom. The Morgan fingerprint density at radius 3 is 2.42 bits per heavy atom. The summed E-state index contributed by atoms with van der Waals surface area (Å²) in [6.07, 6.45) is 0. The van der Waals surface area contributed by atoms with Gasteiger partial charge in [-0.3, -0.25) is 9.36 Å². The quantitative estimate of drug-likeness (QED) is 0.646. The molecule has 0 aliphatic rings. The monoisotopic (exact) mass is 366 g/mol. The summed E-state index contributed by atoms with van der Waals surface area (Å²) in [6, 6.07) is 16.4. The number of rotatable bonds is 5. The van der Waals surface area contributed by atoms with Crippen LogP contribution >= 0.6 is 11.8 Å². The maximum absolute atomic E-state index is 12.0. The largest absolute Gasteiger partial charge is 0.348 e. The maximum atomic E-state index is 12.0. The number of aryl methyl sites for hydroxylation is 2. The van der Waals surface area contributed by atoms with E-state index in [1.165, 1.54) is 17.3 Å². The van der Waals surface area contributed by atoms with E-state index in [9.17, 15) is 4.79 Å². The third kappa shape index (κ3) is 3.96. The fourth-order valence-electron chi connectivity index (χ4n) is 2.52. The minimum Gasteiger partial charge on any atom is -0.348 e. The predicted molar refractivity (Wildman–Crippen MR) is 106 cm³/mol. The van der Waals surface area contributed by atoms with E-state index in [0.29, 0.717) is 10.9 Å². The zero-order valence-electron chi connectivity index (χ0n) is 15.4. The van der Waals surface area contributed by atoms with E-state index in [1.54, 1.807) is 19.0 Å². The summed E-state index contributed by atoms with van der Waals surface area (Å²) < 4.78 is 2.02. The Balaban J connectivity index is 2.05. The van der Waals surface area contributed by atoms with E-state index in [0.717, 1.165) is 22.6 Å². The number of amides is 1. The molecule has 6 heteroatoms. The lowest BCUT2D eigenvalue weighted by molar-refractivity contribution is -0.125. The molecule has 2 aromatic carbocycles. The van der Waals surface area contributed by atoms with Gasteiger partial charge in [0.15, 0.2) is 11.0 Å². The molecule has 0 radical (unpaired) electrons. The summed E-state index contributed by atoms with van der Waals surface area (Å²) in [5.41, 5.74) is 4.34. The summed E-state index contributed by atoms with van der Waals surface area (Å²) in [5, 5.41) is 9.48. The van der Waals surface area contributed by atoms with Gasteiger partial charge in [-0.1, -0.05) is 53.2 Å². The van der Waals surface area contributed by atoms with Crippen molar-refractivity contribution in [2.45, 2.75) is 19.0 Å². The molecule has 134 valence electrons. The number of hydrogen-bond donors (Lipinski definition) is 0. The van der Waals surface area contributed by atoms with Gasteiger partial charge in [0.25, 0.3) is 0 Å². The van der Waals surface area contributed by atoms with Crippen molar-refractivity contribution in [1.29, 1.82) is 0 Å². The molecule has 1 heterocycles. The van der Waals surface area contributed by atoms with Gasteiger partial charge in [0, 0.05) is 25.3 Å². The van der Waals surface area contributed by atoms with Crippen molar-refractivity contribution in [3.8, 4) is 17.1 Å². The van der Waals surface area contributed by atoms with Crippen molar-refractivity contribution in [1.82, 2.24) is 19.7 Å². The predicted octanol–water partition coefficient (Wildman–Crippen LogP) is 3.73. The molecular weight excluding hydrogens is 344 g/mol. The second kappa shape index (κ2) is 7.74. The van der Waals surface area contributed by atoms with Crippen LogP contribution in [-0.4, -0.2) is 45.4 Å². The normalized spacial score (nSPS) is 10.8. The van der Waals surface area contributed by atoms with Crippen LogP contribution in [0, 0.1) is 13.8 Å². The Labute approximate surface area is 158 Å². The minimum absolute atomic E-state index is 0.0468. The molecule has 0 spiro atoms. The first-order chi connectivity index (χ1) is 12.5. The highest BCUT2D eigenvalue weighted by molar-refractivity contribution is 7.99. The topological polar surface area (TPSA) is 51.0 Å². The third-order valence-electron chi connectivity index (χ3n) is 4.03. The van der Waals surface area contributed by atoms with Crippen molar-refractivity contribution < 1.29 is 4.79 Å². The van der Waals surface area contributed by atoms with Crippen LogP contribution in [-0.2, 0) is 4.79 Å². The Kier molecular flexibility index (Phi) is 5.42. The van der Waals surface area contributed by atoms with Crippen LogP contribution in [0.5, 0.6) is 0 Å². The van der Waals surface area contributed by atoms with Gasteiger partial charge in [0.2, 0.25) is 5.91 Å². The molecule has 0 N–H and O–H groups in total. The molecule has 0 saturated heterocycles. The van der Waals surface area contributed by atoms with Crippen molar-refractivity contribution >= 4 is 17.7 Å². The Hall–Kier alpha value is -2.60. The molecule has 1 amide bonds. The first-order valence-corrected chi connectivity index (χ1v) is 9.36. The van der Waals surface area contributed by atoms with Crippen molar-refractivity contribution in [2.24, 2.45) is 0 Å². The van der Waals surface area contributed by atoms with Gasteiger partial charge >= 0.3 is 0 Å². The zero-order chi connectivity index (χ0) is 18.7. The molecule has 0 saturated carbocycles. The first kappa shape index (κ1) is 18.2. The van der Waals surface area contributed by atoms with Gasteiger partial charge in [-0.05, 0) is 32.0 Å². The van der Waals surface area contributed by atoms with Gasteiger partial charge in [0.05, 0.1) is 5.75 Å². The standard InChI is InChI=1S/C20H22N4OS/c1-14-8-10-17(11-9-14)24-19(16-7-5-6-15(2)12-16)21-22-20(24)26-13-18(25)23(3)4/h5-12H,13H2,1-4H3. The molecule has 26 heavy (non-hydrogen) atoms. The fourth-order valence-corrected chi connectivity index (χ4v) is 3.45. The van der Waals surface area contributed by atoms with Gasteiger partial charge in [-0.2, -0.15) is 0 Å². The van der Waals surface area contributed by atoms with E-state index in [1.807, 2.05) is 16.7 Å². The molecule has 5 nitrogen and oxygen atoms in total. The Morgan fingerprint density at radius 2 is 1.77 bits per heavy atom. The summed E-state index contributed by atoms with van der Waals surface area (Å²) in [4.78, 5) is 13.6. The SMILES string of the molecule is Cc1ccc(-n2c(SCC(=O)N(C)C)nnc2-c2cccc(C)c2)cc1. The van der Waals surface area contributed by atoms with Gasteiger partial charge in [-0.15, -0.1) is 10.2 Å². The minimum atomic E-state index is 0.0468. The number of carbonyl (C=O) groups excluding carboxylic acids is 1. The number of nitrogens with zero attached hydrogens (tertiary/aromatic N) is 4. The maximum Gasteiger partial charge on any atom is 0.232 e. The van der Waals surface area contributed by atoms with E-state index in [4.69, 9.17) is 0 Å². The summed E-state index contributed by atoms with van der Waals surface area (Å²) >= 11 is 1.40. The highest BCUT2D eigenvalue weighted by Gasteiger charge is 2.17. The molecule has 0 aliphatic heterocycles. The molecule has 0 atom stereocenters. The van der Waals surface area contributed by atoms with E-state index < -0.39 is 0 Å². The molecule has 0 aliphatic carbocycles. The van der Waals surface area contributed by atoms with Gasteiger partial charge < -0.3 is 4.90 Å². The lowest BCUT2D eigenvalue weighted by Crippen LogP contribution is -2.23. The molecule has 0 fully saturated rings. The summed E-state index contributed by atoms with van der Waals surface area (Å²) in [5.74, 6) is 1.15. The average Bonchev–Trinajstić information content (AvgIpc) is 3.04. The highest BCUT2D eigenvalue weighted by Crippen LogP contribution is 2.28. The molecule has 1 aromatic heterocycles. The molecule has 0 bridgehead atoms. The van der Waals surface area contributed by atoms with Crippen molar-refractivity contribution in [3.05, 3.63) is 59.7 Å². The van der Waals surface area contributed by atoms with E-state index in [2.05, 4.69) is 60.4 Å². The number of benzene rings is 2. The third-order valence-corrected chi connectivity index (χ3v) is 4.94. The van der Waals surface area contributed by atoms with Crippen LogP contribution in [0.1, 0.15) is 11.1 Å². The van der Waals surface area contributed by atoms with Gasteiger partial charge in [0.1, 0.15) is 0 Å². The zero-order valence-corrected chi connectivity index (χ0v) is 16.2. The smallest absolute Gasteiger partial charge is 0.232 e. The molecule has 0 unspecified atom stereocenters. The van der Waals surface area contributed by atoms with Crippen LogP contribution in [0.15, 0.2) is 53.7 Å². The van der Waals surface area contributed by atoms with E-state index in [-0.39, 0.29) is 5.91 Å². The molecule has 3 aromatic rings. The number of hydrogen-bond acceptors (Lipinski definition) is 4. The van der Waals surface area contributed by atoms with Crippen LogP contribution in [0.4, 0.5) is 0 Å². The van der Waals surface area contributed by atoms with Crippen molar-refractivity contribution in [3.63, 3.8) is 0 Å². The van der Waals surface area contributed by atoms with Crippen molar-refractivity contribution in [2.75, 3.05) is 19.8 Å². The number of thioether (sulfide) groups is 1. The van der Waals surface area contributed by atoms with Crippen LogP contribution in [0.3, 0.4) is 0 Å². The molecule has 3 rings (SSSR count). The second-order valence-electron chi connectivity index (χ2n) is 6.42. The second-order valence-corrected chi connectivity index (χ2v) is 7.37. The summed E-state index contributed by atoms with van der Waals surface area (Å²) in [7, 11) is 3.51. The Bertz CT molecular complexity index is 916. The van der Waals surface area contributed by atoms with Gasteiger partial charge in [-0.25, -0.2) is 0 Å². The van der Waals surface area contributed by atoms with Crippen LogP contribution in [0.25, 0.3) is 17.1 Å². The van der Waals surface area contributed by atoms with E-state index >= 15 is 0 Å². The first-order valence-electron chi connectivity index (χ1n) is 8.38.